The van der Waals surface area contributed by atoms with Gasteiger partial charge in [-0.1, -0.05) is 85.3 Å². The van der Waals surface area contributed by atoms with Gasteiger partial charge in [-0.2, -0.15) is 0 Å². The van der Waals surface area contributed by atoms with E-state index in [-0.39, 0.29) is 37.6 Å². The Balaban J connectivity index is 1.19. The van der Waals surface area contributed by atoms with Crippen molar-refractivity contribution in [1.29, 1.82) is 0 Å². The van der Waals surface area contributed by atoms with Crippen LogP contribution in [0.4, 0.5) is 5.69 Å². The number of rotatable bonds is 11. The van der Waals surface area contributed by atoms with Crippen LogP contribution in [0.3, 0.4) is 0 Å². The van der Waals surface area contributed by atoms with Gasteiger partial charge in [0, 0.05) is 36.0 Å². The molecule has 4 aromatic carbocycles. The van der Waals surface area contributed by atoms with Crippen LogP contribution in [0.15, 0.2) is 114 Å². The number of aromatic amines is 1. The number of benzene rings is 4. The van der Waals surface area contributed by atoms with E-state index in [1.54, 1.807) is 48.2 Å². The number of nitrogens with zero attached hydrogens (tertiary/aromatic N) is 3. The number of carbonyl (C=O) groups excluding carboxylic acids is 2. The molecule has 1 aliphatic heterocycles. The smallest absolute Gasteiger partial charge is 0.279 e. The average molecular weight is 651 g/mol. The predicted octanol–water partition coefficient (Wildman–Crippen LogP) is 5.31. The molecule has 47 heavy (non-hydrogen) atoms. The summed E-state index contributed by atoms with van der Waals surface area (Å²) in [5.74, 6) is -1.37. The third-order valence-corrected chi connectivity index (χ3v) is 8.91. The topological polar surface area (TPSA) is 119 Å². The van der Waals surface area contributed by atoms with Crippen molar-refractivity contribution in [2.24, 2.45) is 5.92 Å². The molecule has 1 aliphatic rings. The molecule has 0 fully saturated rings. The number of para-hydroxylation sites is 1. The van der Waals surface area contributed by atoms with Crippen LogP contribution in [0.1, 0.15) is 30.0 Å². The molecule has 2 heterocycles. The highest BCUT2D eigenvalue weighted by Gasteiger charge is 2.52. The molecule has 0 bridgehead atoms. The van der Waals surface area contributed by atoms with Crippen molar-refractivity contribution in [2.75, 3.05) is 18.1 Å². The van der Waals surface area contributed by atoms with Crippen LogP contribution < -0.4 is 10.5 Å². The predicted molar refractivity (Wildman–Crippen MR) is 182 cm³/mol. The van der Waals surface area contributed by atoms with Gasteiger partial charge >= 0.3 is 0 Å². The molecule has 0 radical (unpaired) electrons. The lowest BCUT2D eigenvalue weighted by molar-refractivity contribution is -0.139. The van der Waals surface area contributed by atoms with Crippen molar-refractivity contribution in [1.82, 2.24) is 14.7 Å². The molecular formula is C37H35ClN4O5. The first-order valence-electron chi connectivity index (χ1n) is 15.4. The lowest BCUT2D eigenvalue weighted by Gasteiger charge is -2.28. The minimum atomic E-state index is -1.91. The number of aliphatic hydroxyl groups is 2. The number of nitrogens with one attached hydrogen (secondary N) is 1. The maximum absolute atomic E-state index is 14.0. The summed E-state index contributed by atoms with van der Waals surface area (Å²) in [4.78, 5) is 43.1. The highest BCUT2D eigenvalue weighted by Crippen LogP contribution is 2.46. The van der Waals surface area contributed by atoms with Crippen LogP contribution in [0, 0.1) is 5.92 Å². The minimum Gasteiger partial charge on any atom is -0.395 e. The maximum atomic E-state index is 14.0. The summed E-state index contributed by atoms with van der Waals surface area (Å²) in [6.07, 6.45) is 3.38. The molecule has 0 spiro atoms. The number of amides is 2. The summed E-state index contributed by atoms with van der Waals surface area (Å²) < 4.78 is 1.48. The van der Waals surface area contributed by atoms with Crippen LogP contribution in [0.2, 0.25) is 5.02 Å². The molecule has 0 saturated heterocycles. The van der Waals surface area contributed by atoms with Crippen LogP contribution >= 0.6 is 11.6 Å². The molecular weight excluding hydrogens is 616 g/mol. The number of halogens is 1. The molecule has 2 amide bonds. The van der Waals surface area contributed by atoms with Gasteiger partial charge in [0.2, 0.25) is 5.91 Å². The SMILES string of the molecule is C[C@H](/C=C/CC(=O)N(CCO)Cc1ccccc1)[C@@]1(O)C(=O)N(Cc2ccc(-n3[nH]c4ccccc4c3=O)cc2)c2ccc(Cl)cc21. The first kappa shape index (κ1) is 32.0. The lowest BCUT2D eigenvalue weighted by atomic mass is 9.83. The van der Waals surface area contributed by atoms with E-state index in [1.165, 1.54) is 9.58 Å². The van der Waals surface area contributed by atoms with Crippen molar-refractivity contribution < 1.29 is 19.8 Å². The number of anilines is 1. The first-order chi connectivity index (χ1) is 22.7. The van der Waals surface area contributed by atoms with Crippen LogP contribution in [-0.4, -0.2) is 49.9 Å². The van der Waals surface area contributed by atoms with Crippen LogP contribution in [-0.2, 0) is 28.3 Å². The van der Waals surface area contributed by atoms with Crippen molar-refractivity contribution in [2.45, 2.75) is 32.0 Å². The number of aliphatic hydroxyl groups excluding tert-OH is 1. The number of hydrogen-bond acceptors (Lipinski definition) is 5. The second-order valence-corrected chi connectivity index (χ2v) is 12.2. The van der Waals surface area contributed by atoms with E-state index in [4.69, 9.17) is 11.6 Å². The lowest BCUT2D eigenvalue weighted by Crippen LogP contribution is -2.44. The van der Waals surface area contributed by atoms with Gasteiger partial charge in [-0.25, -0.2) is 4.68 Å². The molecule has 5 aromatic rings. The number of carbonyl (C=O) groups is 2. The summed E-state index contributed by atoms with van der Waals surface area (Å²) in [5.41, 5.74) is 2.02. The van der Waals surface area contributed by atoms with E-state index >= 15 is 0 Å². The molecule has 240 valence electrons. The summed E-state index contributed by atoms with van der Waals surface area (Å²) in [6, 6.07) is 29.2. The molecule has 1 aromatic heterocycles. The quantitative estimate of drug-likeness (QED) is 0.168. The maximum Gasteiger partial charge on any atom is 0.279 e. The van der Waals surface area contributed by atoms with Gasteiger partial charge in [0.05, 0.1) is 35.4 Å². The van der Waals surface area contributed by atoms with Crippen molar-refractivity contribution in [3.63, 3.8) is 0 Å². The summed E-state index contributed by atoms with van der Waals surface area (Å²) in [5, 5.41) is 25.6. The highest BCUT2D eigenvalue weighted by atomic mass is 35.5. The minimum absolute atomic E-state index is 0.0410. The third-order valence-electron chi connectivity index (χ3n) is 8.67. The summed E-state index contributed by atoms with van der Waals surface area (Å²) in [6.45, 7) is 2.31. The molecule has 0 aliphatic carbocycles. The second-order valence-electron chi connectivity index (χ2n) is 11.7. The van der Waals surface area contributed by atoms with Gasteiger partial charge in [-0.15, -0.1) is 0 Å². The third kappa shape index (κ3) is 6.25. The second kappa shape index (κ2) is 13.4. The molecule has 10 heteroatoms. The fraction of sp³-hybridized carbons (Fsp3) is 0.216. The average Bonchev–Trinajstić information content (AvgIpc) is 3.52. The van der Waals surface area contributed by atoms with Gasteiger partial charge in [0.1, 0.15) is 0 Å². The van der Waals surface area contributed by atoms with E-state index in [0.717, 1.165) is 16.6 Å². The Morgan fingerprint density at radius 1 is 0.979 bits per heavy atom. The van der Waals surface area contributed by atoms with E-state index in [0.29, 0.717) is 33.9 Å². The Hall–Kier alpha value is -4.96. The van der Waals surface area contributed by atoms with Crippen molar-refractivity contribution >= 4 is 40.0 Å². The summed E-state index contributed by atoms with van der Waals surface area (Å²) in [7, 11) is 0. The number of hydrogen-bond donors (Lipinski definition) is 3. The fourth-order valence-electron chi connectivity index (χ4n) is 6.11. The highest BCUT2D eigenvalue weighted by molar-refractivity contribution is 6.31. The zero-order valence-electron chi connectivity index (χ0n) is 25.8. The van der Waals surface area contributed by atoms with E-state index < -0.39 is 17.4 Å². The molecule has 3 N–H and O–H groups in total. The standard InChI is InChI=1S/C37H35ClN4O5/c1-25(8-7-13-34(44)40(20-21-43)23-26-9-3-2-4-10-26)37(47)31-22-28(38)16-19-33(31)41(36(37)46)24-27-14-17-29(18-15-27)42-35(45)30-11-5-6-12-32(30)39-42/h2-12,14-19,22,25,39,43,47H,13,20-21,23-24H2,1H3/b8-7+/t25-,37+/m1/s1. The molecule has 6 rings (SSSR count). The Kier molecular flexibility index (Phi) is 9.13. The van der Waals surface area contributed by atoms with E-state index in [1.807, 2.05) is 72.8 Å². The molecule has 9 nitrogen and oxygen atoms in total. The van der Waals surface area contributed by atoms with Gasteiger partial charge in [-0.3, -0.25) is 19.5 Å². The summed E-state index contributed by atoms with van der Waals surface area (Å²) >= 11 is 6.35. The Morgan fingerprint density at radius 3 is 2.43 bits per heavy atom. The van der Waals surface area contributed by atoms with Crippen molar-refractivity contribution in [3.8, 4) is 5.69 Å². The molecule has 2 atom stereocenters. The zero-order valence-corrected chi connectivity index (χ0v) is 26.6. The normalized spacial score (nSPS) is 16.6. The van der Waals surface area contributed by atoms with Gasteiger partial charge < -0.3 is 20.0 Å². The van der Waals surface area contributed by atoms with Crippen LogP contribution in [0.25, 0.3) is 16.6 Å². The van der Waals surface area contributed by atoms with Crippen LogP contribution in [0.5, 0.6) is 0 Å². The Labute approximate surface area is 276 Å². The van der Waals surface area contributed by atoms with Gasteiger partial charge in [0.15, 0.2) is 5.60 Å². The van der Waals surface area contributed by atoms with Crippen molar-refractivity contribution in [3.05, 3.63) is 141 Å². The van der Waals surface area contributed by atoms with E-state index in [2.05, 4.69) is 5.10 Å². The largest absolute Gasteiger partial charge is 0.395 e. The number of aromatic nitrogens is 2. The van der Waals surface area contributed by atoms with Gasteiger partial charge in [0.25, 0.3) is 11.5 Å². The van der Waals surface area contributed by atoms with Gasteiger partial charge in [-0.05, 0) is 53.6 Å². The number of fused-ring (bicyclic) bond motifs is 2. The Bertz CT molecular complexity index is 2000. The zero-order chi connectivity index (χ0) is 33.1. The number of H-pyrrole nitrogens is 1. The fourth-order valence-corrected chi connectivity index (χ4v) is 6.28. The van der Waals surface area contributed by atoms with E-state index in [9.17, 15) is 24.6 Å². The first-order valence-corrected chi connectivity index (χ1v) is 15.8. The Morgan fingerprint density at radius 2 is 1.70 bits per heavy atom. The molecule has 0 saturated carbocycles. The molecule has 0 unspecified atom stereocenters. The monoisotopic (exact) mass is 650 g/mol.